The van der Waals surface area contributed by atoms with Crippen molar-refractivity contribution in [2.24, 2.45) is 0 Å². The Bertz CT molecular complexity index is 2680. The monoisotopic (exact) mass is 1190 g/mol. The first-order valence-electron chi connectivity index (χ1n) is 18.3. The summed E-state index contributed by atoms with van der Waals surface area (Å²) in [5.41, 5.74) is 0. The molecular formula is C36H14F34S3. The van der Waals surface area contributed by atoms with Crippen molar-refractivity contribution in [3.8, 4) is 0 Å². The summed E-state index contributed by atoms with van der Waals surface area (Å²) in [5.74, 6) is -115. The van der Waals surface area contributed by atoms with Crippen LogP contribution in [0.25, 0.3) is 40.3 Å². The standard InChI is InChI=1S/C36H14F34S3/c37-21(38,23(41,42)25(45,46)27(49,50)29(53,54)31(57,58)33(61,62)35(65,66)67)3-1-13-5-11-7-15-16-8-12-6-14(72-18(12)10-20(16)73-19(15)9-17(11)71-13)2-4-22(39,40)24(43,44)26(47,48)28(51,52)30(55,56)32(59,60)34(63,64)36(68,69)70/h5-10H,1-4H2. The van der Waals surface area contributed by atoms with E-state index in [1.165, 1.54) is 12.1 Å². The number of alkyl halides is 34. The predicted octanol–water partition coefficient (Wildman–Crippen LogP) is 18.4. The van der Waals surface area contributed by atoms with Gasteiger partial charge in [0, 0.05) is 52.2 Å². The highest BCUT2D eigenvalue weighted by Crippen LogP contribution is 2.66. The number of hydrogen-bond donors (Lipinski definition) is 0. The quantitative estimate of drug-likeness (QED) is 0.0767. The van der Waals surface area contributed by atoms with Crippen molar-refractivity contribution in [1.29, 1.82) is 0 Å². The van der Waals surface area contributed by atoms with Gasteiger partial charge in [0.1, 0.15) is 0 Å². The van der Waals surface area contributed by atoms with Gasteiger partial charge >= 0.3 is 95.3 Å². The molecule has 37 heteroatoms. The molecule has 414 valence electrons. The van der Waals surface area contributed by atoms with E-state index >= 15 is 0 Å². The van der Waals surface area contributed by atoms with Gasteiger partial charge in [0.05, 0.1) is 0 Å². The minimum atomic E-state index is -8.82. The fourth-order valence-corrected chi connectivity index (χ4v) is 9.94. The average Bonchev–Trinajstić information content (AvgIpc) is 3.92. The molecule has 73 heavy (non-hydrogen) atoms. The molecule has 0 unspecified atom stereocenters. The predicted molar refractivity (Wildman–Crippen MR) is 188 cm³/mol. The Balaban J connectivity index is 1.38. The van der Waals surface area contributed by atoms with Gasteiger partial charge in [-0.2, -0.15) is 149 Å². The highest BCUT2D eigenvalue weighted by molar-refractivity contribution is 7.27. The van der Waals surface area contributed by atoms with Crippen LogP contribution in [0, 0.1) is 0 Å². The summed E-state index contributed by atoms with van der Waals surface area (Å²) < 4.78 is 465. The summed E-state index contributed by atoms with van der Waals surface area (Å²) in [7, 11) is 0. The second kappa shape index (κ2) is 16.8. The van der Waals surface area contributed by atoms with Crippen LogP contribution in [0.3, 0.4) is 0 Å². The summed E-state index contributed by atoms with van der Waals surface area (Å²) >= 11 is 1.52. The molecule has 5 aromatic rings. The molecule has 0 nitrogen and oxygen atoms in total. The number of halogens is 34. The molecule has 0 aliphatic heterocycles. The maximum atomic E-state index is 14.6. The molecule has 0 amide bonds. The van der Waals surface area contributed by atoms with Gasteiger partial charge in [-0.3, -0.25) is 0 Å². The molecule has 0 saturated carbocycles. The molecule has 0 fully saturated rings. The van der Waals surface area contributed by atoms with E-state index in [2.05, 4.69) is 0 Å². The SMILES string of the molecule is FC(F)(F)C(F)(F)C(F)(F)C(F)(F)C(F)(F)C(F)(F)C(F)(F)C(F)(F)CCc1cc2cc3c(cc2s1)sc1cc2sc(CCC(F)(F)C(F)(F)C(F)(F)C(F)(F)C(F)(F)C(F)(F)C(F)(F)C(F)(F)F)cc2cc13. The van der Waals surface area contributed by atoms with Crippen LogP contribution in [0.1, 0.15) is 22.6 Å². The van der Waals surface area contributed by atoms with E-state index < -0.39 is 131 Å². The molecule has 0 bridgehead atoms. The zero-order chi connectivity index (χ0) is 57.0. The van der Waals surface area contributed by atoms with Crippen LogP contribution in [-0.4, -0.2) is 95.3 Å². The lowest BCUT2D eigenvalue weighted by atomic mass is 9.88. The Kier molecular flexibility index (Phi) is 13.9. The van der Waals surface area contributed by atoms with Gasteiger partial charge in [-0.15, -0.1) is 34.0 Å². The largest absolute Gasteiger partial charge is 0.460 e. The van der Waals surface area contributed by atoms with E-state index in [0.717, 1.165) is 35.6 Å². The van der Waals surface area contributed by atoms with Crippen LogP contribution < -0.4 is 0 Å². The lowest BCUT2D eigenvalue weighted by molar-refractivity contribution is -0.461. The van der Waals surface area contributed by atoms with Gasteiger partial charge in [0.2, 0.25) is 0 Å². The molecular weight excluding hydrogens is 1170 g/mol. The van der Waals surface area contributed by atoms with Crippen LogP contribution in [0.4, 0.5) is 149 Å². The molecule has 3 heterocycles. The van der Waals surface area contributed by atoms with E-state index in [9.17, 15) is 149 Å². The van der Waals surface area contributed by atoms with Crippen molar-refractivity contribution in [1.82, 2.24) is 0 Å². The van der Waals surface area contributed by atoms with Crippen LogP contribution in [-0.2, 0) is 12.8 Å². The van der Waals surface area contributed by atoms with Crippen molar-refractivity contribution in [2.45, 2.75) is 121 Å². The lowest BCUT2D eigenvalue weighted by Gasteiger charge is -2.42. The Hall–Kier alpha value is -3.80. The summed E-state index contributed by atoms with van der Waals surface area (Å²) in [6.07, 6.45) is -24.6. The zero-order valence-electron chi connectivity index (χ0n) is 33.4. The normalized spacial score (nSPS) is 16.0. The third-order valence-corrected chi connectivity index (χ3v) is 14.2. The maximum absolute atomic E-state index is 14.6. The molecule has 5 rings (SSSR count). The van der Waals surface area contributed by atoms with E-state index in [4.69, 9.17) is 0 Å². The maximum Gasteiger partial charge on any atom is 0.460 e. The third kappa shape index (κ3) is 8.26. The number of thiophene rings is 3. The van der Waals surface area contributed by atoms with Crippen molar-refractivity contribution < 1.29 is 149 Å². The van der Waals surface area contributed by atoms with Crippen LogP contribution in [0.5, 0.6) is 0 Å². The van der Waals surface area contributed by atoms with Gasteiger partial charge in [0.25, 0.3) is 0 Å². The van der Waals surface area contributed by atoms with E-state index in [0.29, 0.717) is 22.7 Å². The summed E-state index contributed by atoms with van der Waals surface area (Å²) in [4.78, 5) is -1.12. The van der Waals surface area contributed by atoms with E-state index in [1.807, 2.05) is 0 Å². The first-order valence-corrected chi connectivity index (χ1v) is 20.7. The summed E-state index contributed by atoms with van der Waals surface area (Å²) in [6, 6.07) is 6.38. The summed E-state index contributed by atoms with van der Waals surface area (Å²) in [5, 5.41) is 0.0603. The molecule has 2 aromatic carbocycles. The number of rotatable bonds is 18. The minimum Gasteiger partial charge on any atom is -0.200 e. The minimum absolute atomic E-state index is 0.00434. The molecule has 0 aliphatic rings. The van der Waals surface area contributed by atoms with Gasteiger partial charge < -0.3 is 0 Å². The van der Waals surface area contributed by atoms with Gasteiger partial charge in [0.15, 0.2) is 0 Å². The molecule has 3 aromatic heterocycles. The average molecular weight is 1190 g/mol. The Morgan fingerprint density at radius 2 is 0.479 bits per heavy atom. The highest BCUT2D eigenvalue weighted by atomic mass is 32.1. The fraction of sp³-hybridized carbons (Fsp3) is 0.556. The van der Waals surface area contributed by atoms with Gasteiger partial charge in [-0.25, -0.2) is 0 Å². The molecule has 0 atom stereocenters. The Morgan fingerprint density at radius 3 is 0.726 bits per heavy atom. The smallest absolute Gasteiger partial charge is 0.200 e. The zero-order valence-corrected chi connectivity index (χ0v) is 35.8. The van der Waals surface area contributed by atoms with Crippen molar-refractivity contribution >= 4 is 74.4 Å². The second-order valence-electron chi connectivity index (χ2n) is 15.6. The molecule has 0 saturated heterocycles. The molecule has 0 spiro atoms. The Morgan fingerprint density at radius 1 is 0.247 bits per heavy atom. The van der Waals surface area contributed by atoms with E-state index in [1.54, 1.807) is 0 Å². The number of benzene rings is 2. The van der Waals surface area contributed by atoms with Crippen LogP contribution in [0.15, 0.2) is 36.4 Å². The topological polar surface area (TPSA) is 0 Å². The van der Waals surface area contributed by atoms with Gasteiger partial charge in [-0.1, -0.05) is 0 Å². The third-order valence-electron chi connectivity index (χ3n) is 10.8. The van der Waals surface area contributed by atoms with Crippen molar-refractivity contribution in [3.05, 3.63) is 46.2 Å². The van der Waals surface area contributed by atoms with Crippen molar-refractivity contribution in [3.63, 3.8) is 0 Å². The Labute approximate surface area is 390 Å². The second-order valence-corrected chi connectivity index (χ2v) is 19.0. The van der Waals surface area contributed by atoms with Crippen LogP contribution in [0.2, 0.25) is 0 Å². The first-order chi connectivity index (χ1) is 32.0. The number of fused-ring (bicyclic) bond motifs is 5. The number of hydrogen-bond acceptors (Lipinski definition) is 3. The molecule has 0 radical (unpaired) electrons. The first kappa shape index (κ1) is 60.1. The number of aryl methyl sites for hydroxylation is 2. The fourth-order valence-electron chi connectivity index (χ4n) is 6.47. The van der Waals surface area contributed by atoms with E-state index in [-0.39, 0.29) is 40.3 Å². The van der Waals surface area contributed by atoms with Gasteiger partial charge in [-0.05, 0) is 60.0 Å². The van der Waals surface area contributed by atoms with Crippen molar-refractivity contribution in [2.75, 3.05) is 0 Å². The van der Waals surface area contributed by atoms with Crippen LogP contribution >= 0.6 is 34.0 Å². The molecule has 0 aliphatic carbocycles. The molecule has 0 N–H and O–H groups in total. The highest BCUT2D eigenvalue weighted by Gasteiger charge is 2.97. The lowest BCUT2D eigenvalue weighted by Crippen LogP contribution is -2.74. The summed E-state index contributed by atoms with van der Waals surface area (Å²) in [6.45, 7) is 0.